The normalized spacial score (nSPS) is 14.1. The first kappa shape index (κ1) is 16.3. The molecule has 1 fully saturated rings. The van der Waals surface area contributed by atoms with Crippen LogP contribution in [0.2, 0.25) is 8.67 Å². The maximum absolute atomic E-state index is 12.4. The molecule has 2 aromatic rings. The monoisotopic (exact) mass is 368 g/mol. The van der Waals surface area contributed by atoms with Crippen LogP contribution in [0.1, 0.15) is 33.6 Å². The fourth-order valence-electron chi connectivity index (χ4n) is 2.53. The number of benzene rings is 1. The Morgan fingerprint density at radius 1 is 1.13 bits per heavy atom. The minimum absolute atomic E-state index is 0.00444. The molecule has 1 N–H and O–H groups in total. The van der Waals surface area contributed by atoms with Gasteiger partial charge in [-0.05, 0) is 37.1 Å². The smallest absolute Gasteiger partial charge is 0.258 e. The Labute approximate surface area is 148 Å². The van der Waals surface area contributed by atoms with Gasteiger partial charge in [0, 0.05) is 24.3 Å². The summed E-state index contributed by atoms with van der Waals surface area (Å²) in [5.41, 5.74) is 1.45. The zero-order valence-corrected chi connectivity index (χ0v) is 14.5. The third-order valence-corrected chi connectivity index (χ3v) is 5.15. The van der Waals surface area contributed by atoms with Crippen molar-refractivity contribution in [2.24, 2.45) is 0 Å². The number of halogens is 2. The van der Waals surface area contributed by atoms with Gasteiger partial charge in [-0.2, -0.15) is 0 Å². The molecule has 1 aromatic heterocycles. The average molecular weight is 369 g/mol. The zero-order chi connectivity index (χ0) is 16.4. The van der Waals surface area contributed by atoms with E-state index < -0.39 is 0 Å². The van der Waals surface area contributed by atoms with E-state index in [2.05, 4.69) is 5.32 Å². The summed E-state index contributed by atoms with van der Waals surface area (Å²) < 4.78 is 0.801. The van der Waals surface area contributed by atoms with Gasteiger partial charge in [-0.1, -0.05) is 29.3 Å². The molecular formula is C16H14Cl2N2O2S. The number of carbonyl (C=O) groups excluding carboxylic acids is 2. The molecule has 0 aliphatic carbocycles. The summed E-state index contributed by atoms with van der Waals surface area (Å²) in [6, 6.07) is 8.45. The molecule has 0 spiro atoms. The molecule has 0 saturated carbocycles. The van der Waals surface area contributed by atoms with Crippen molar-refractivity contribution in [3.8, 4) is 0 Å². The van der Waals surface area contributed by atoms with Crippen LogP contribution in [0.15, 0.2) is 30.3 Å². The highest BCUT2D eigenvalue weighted by molar-refractivity contribution is 7.20. The van der Waals surface area contributed by atoms with Gasteiger partial charge in [0.1, 0.15) is 4.34 Å². The molecule has 1 aliphatic rings. The summed E-state index contributed by atoms with van der Waals surface area (Å²) >= 11 is 13.0. The topological polar surface area (TPSA) is 49.4 Å². The van der Waals surface area contributed by atoms with E-state index in [1.807, 2.05) is 4.90 Å². The van der Waals surface area contributed by atoms with E-state index in [1.54, 1.807) is 24.3 Å². The fourth-order valence-corrected chi connectivity index (χ4v) is 3.98. The number of nitrogens with one attached hydrogen (secondary N) is 1. The Morgan fingerprint density at radius 2 is 1.87 bits per heavy atom. The van der Waals surface area contributed by atoms with Crippen LogP contribution in [0.4, 0.5) is 5.69 Å². The quantitative estimate of drug-likeness (QED) is 0.863. The fraction of sp³-hybridized carbons (Fsp3) is 0.250. The Bertz CT molecular complexity index is 754. The third kappa shape index (κ3) is 3.68. The number of hydrogen-bond acceptors (Lipinski definition) is 3. The van der Waals surface area contributed by atoms with Crippen molar-refractivity contribution in [3.63, 3.8) is 0 Å². The minimum Gasteiger partial charge on any atom is -0.339 e. The van der Waals surface area contributed by atoms with Crippen molar-refractivity contribution < 1.29 is 9.59 Å². The second-order valence-corrected chi connectivity index (χ2v) is 7.56. The minimum atomic E-state index is -0.344. The average Bonchev–Trinajstić information content (AvgIpc) is 3.16. The van der Waals surface area contributed by atoms with Crippen molar-refractivity contribution in [2.75, 3.05) is 18.4 Å². The molecule has 7 heteroatoms. The first-order valence-electron chi connectivity index (χ1n) is 7.20. The third-order valence-electron chi connectivity index (χ3n) is 3.66. The summed E-state index contributed by atoms with van der Waals surface area (Å²) in [6.07, 6.45) is 2.08. The lowest BCUT2D eigenvalue weighted by Crippen LogP contribution is -2.27. The van der Waals surface area contributed by atoms with E-state index in [-0.39, 0.29) is 11.8 Å². The van der Waals surface area contributed by atoms with Gasteiger partial charge < -0.3 is 10.2 Å². The van der Waals surface area contributed by atoms with Crippen LogP contribution in [-0.4, -0.2) is 29.8 Å². The molecule has 1 saturated heterocycles. The van der Waals surface area contributed by atoms with Crippen LogP contribution in [0.5, 0.6) is 0 Å². The van der Waals surface area contributed by atoms with Gasteiger partial charge in [0.25, 0.3) is 11.8 Å². The molecule has 23 heavy (non-hydrogen) atoms. The molecule has 0 unspecified atom stereocenters. The van der Waals surface area contributed by atoms with E-state index in [9.17, 15) is 9.59 Å². The standard InChI is InChI=1S/C16H14Cl2N2O2S/c17-13-9-12(14(18)23-13)15(21)19-11-5-3-4-10(8-11)16(22)20-6-1-2-7-20/h3-5,8-9H,1-2,6-7H2,(H,19,21). The zero-order valence-electron chi connectivity index (χ0n) is 12.1. The number of amides is 2. The van der Waals surface area contributed by atoms with E-state index in [4.69, 9.17) is 23.2 Å². The van der Waals surface area contributed by atoms with Crippen LogP contribution in [-0.2, 0) is 0 Å². The lowest BCUT2D eigenvalue weighted by atomic mass is 10.1. The predicted molar refractivity (Wildman–Crippen MR) is 93.9 cm³/mol. The van der Waals surface area contributed by atoms with E-state index in [0.29, 0.717) is 25.5 Å². The Morgan fingerprint density at radius 3 is 2.52 bits per heavy atom. The molecule has 0 radical (unpaired) electrons. The van der Waals surface area contributed by atoms with Crippen molar-refractivity contribution in [1.29, 1.82) is 0 Å². The summed E-state index contributed by atoms with van der Waals surface area (Å²) in [5.74, 6) is -0.348. The van der Waals surface area contributed by atoms with Gasteiger partial charge in [0.2, 0.25) is 0 Å². The highest BCUT2D eigenvalue weighted by atomic mass is 35.5. The number of carbonyl (C=O) groups is 2. The van der Waals surface area contributed by atoms with Crippen LogP contribution in [0, 0.1) is 0 Å². The van der Waals surface area contributed by atoms with Gasteiger partial charge in [-0.3, -0.25) is 9.59 Å². The number of anilines is 1. The highest BCUT2D eigenvalue weighted by Crippen LogP contribution is 2.31. The molecule has 2 heterocycles. The molecule has 0 bridgehead atoms. The van der Waals surface area contributed by atoms with Crippen molar-refractivity contribution in [3.05, 3.63) is 50.1 Å². The molecule has 3 rings (SSSR count). The first-order valence-corrected chi connectivity index (χ1v) is 8.77. The van der Waals surface area contributed by atoms with Crippen molar-refractivity contribution >= 4 is 52.0 Å². The van der Waals surface area contributed by atoms with Crippen LogP contribution in [0.3, 0.4) is 0 Å². The number of likely N-dealkylation sites (tertiary alicyclic amines) is 1. The van der Waals surface area contributed by atoms with Crippen molar-refractivity contribution in [1.82, 2.24) is 4.90 Å². The summed E-state index contributed by atoms with van der Waals surface area (Å²) in [5, 5.41) is 2.75. The van der Waals surface area contributed by atoms with Gasteiger partial charge in [0.15, 0.2) is 0 Å². The van der Waals surface area contributed by atoms with E-state index >= 15 is 0 Å². The number of hydrogen-bond donors (Lipinski definition) is 1. The molecule has 2 amide bonds. The highest BCUT2D eigenvalue weighted by Gasteiger charge is 2.20. The van der Waals surface area contributed by atoms with Gasteiger partial charge in [0.05, 0.1) is 9.90 Å². The van der Waals surface area contributed by atoms with Crippen LogP contribution >= 0.6 is 34.5 Å². The number of thiophene rings is 1. The molecule has 120 valence electrons. The van der Waals surface area contributed by atoms with E-state index in [1.165, 1.54) is 6.07 Å². The second-order valence-electron chi connectivity index (χ2n) is 5.27. The predicted octanol–water partition coefficient (Wildman–Crippen LogP) is 4.54. The number of rotatable bonds is 3. The molecule has 1 aliphatic heterocycles. The van der Waals surface area contributed by atoms with Gasteiger partial charge in [-0.15, -0.1) is 11.3 Å². The molecular weight excluding hydrogens is 355 g/mol. The molecule has 0 atom stereocenters. The maximum Gasteiger partial charge on any atom is 0.258 e. The maximum atomic E-state index is 12.4. The molecule has 4 nitrogen and oxygen atoms in total. The lowest BCUT2D eigenvalue weighted by molar-refractivity contribution is 0.0792. The van der Waals surface area contributed by atoms with Crippen LogP contribution < -0.4 is 5.32 Å². The largest absolute Gasteiger partial charge is 0.339 e. The Hall–Kier alpha value is -1.56. The Kier molecular flexibility index (Phi) is 4.90. The lowest BCUT2D eigenvalue weighted by Gasteiger charge is -2.15. The number of nitrogens with zero attached hydrogens (tertiary/aromatic N) is 1. The van der Waals surface area contributed by atoms with Gasteiger partial charge >= 0.3 is 0 Å². The molecule has 1 aromatic carbocycles. The summed E-state index contributed by atoms with van der Waals surface area (Å²) in [7, 11) is 0. The SMILES string of the molecule is O=C(Nc1cccc(C(=O)N2CCCC2)c1)c1cc(Cl)sc1Cl. The van der Waals surface area contributed by atoms with Crippen molar-refractivity contribution in [2.45, 2.75) is 12.8 Å². The van der Waals surface area contributed by atoms with E-state index in [0.717, 1.165) is 37.3 Å². The van der Waals surface area contributed by atoms with Gasteiger partial charge in [-0.25, -0.2) is 0 Å². The Balaban J connectivity index is 1.76. The summed E-state index contributed by atoms with van der Waals surface area (Å²) in [6.45, 7) is 1.58. The summed E-state index contributed by atoms with van der Waals surface area (Å²) in [4.78, 5) is 26.5. The second kappa shape index (κ2) is 6.91. The first-order chi connectivity index (χ1) is 11.0. The van der Waals surface area contributed by atoms with Crippen LogP contribution in [0.25, 0.3) is 0 Å².